The van der Waals surface area contributed by atoms with Crippen molar-refractivity contribution in [2.75, 3.05) is 37.3 Å². The Kier molecular flexibility index (Phi) is 3.71. The zero-order chi connectivity index (χ0) is 13.3. The normalized spacial score (nSPS) is 21.3. The Balaban J connectivity index is 2.27. The van der Waals surface area contributed by atoms with Crippen molar-refractivity contribution in [2.45, 2.75) is 19.4 Å². The minimum absolute atomic E-state index is 0.0378. The highest BCUT2D eigenvalue weighted by atomic mass is 19.1. The van der Waals surface area contributed by atoms with E-state index in [1.165, 1.54) is 6.07 Å². The molecule has 1 heterocycles. The summed E-state index contributed by atoms with van der Waals surface area (Å²) in [5, 5.41) is 0. The van der Waals surface area contributed by atoms with Gasteiger partial charge in [-0.15, -0.1) is 0 Å². The zero-order valence-electron chi connectivity index (χ0n) is 10.8. The summed E-state index contributed by atoms with van der Waals surface area (Å²) in [6.45, 7) is 4.47. The van der Waals surface area contributed by atoms with E-state index in [4.69, 9.17) is 5.73 Å². The van der Waals surface area contributed by atoms with Crippen molar-refractivity contribution in [3.8, 4) is 0 Å². The maximum absolute atomic E-state index is 13.4. The summed E-state index contributed by atoms with van der Waals surface area (Å²) in [4.78, 5) is 4.23. The molecule has 1 unspecified atom stereocenters. The standard InChI is InChI=1S/C13H19F2N3/c1-3-10-8-18(5-4-17(10)2)12-7-9(14)6-11(15)13(12)16/h6-7,10H,3-5,8,16H2,1-2H3. The number of likely N-dealkylation sites (N-methyl/N-ethyl adjacent to an activating group) is 1. The molecule has 0 bridgehead atoms. The molecule has 1 fully saturated rings. The molecule has 0 saturated carbocycles. The fourth-order valence-electron chi connectivity index (χ4n) is 2.44. The van der Waals surface area contributed by atoms with Gasteiger partial charge >= 0.3 is 0 Å². The SMILES string of the molecule is CCC1CN(c2cc(F)cc(F)c2N)CCN1C. The van der Waals surface area contributed by atoms with E-state index in [1.807, 2.05) is 4.90 Å². The molecule has 18 heavy (non-hydrogen) atoms. The number of benzene rings is 1. The van der Waals surface area contributed by atoms with Crippen LogP contribution in [0.1, 0.15) is 13.3 Å². The highest BCUT2D eigenvalue weighted by Gasteiger charge is 2.25. The third kappa shape index (κ3) is 2.41. The first-order valence-corrected chi connectivity index (χ1v) is 6.22. The zero-order valence-corrected chi connectivity index (χ0v) is 10.8. The van der Waals surface area contributed by atoms with Crippen LogP contribution >= 0.6 is 0 Å². The number of piperazine rings is 1. The highest BCUT2D eigenvalue weighted by Crippen LogP contribution is 2.29. The molecule has 1 saturated heterocycles. The van der Waals surface area contributed by atoms with Gasteiger partial charge in [-0.2, -0.15) is 0 Å². The summed E-state index contributed by atoms with van der Waals surface area (Å²) in [6, 6.07) is 2.53. The van der Waals surface area contributed by atoms with Crippen molar-refractivity contribution in [1.29, 1.82) is 0 Å². The van der Waals surface area contributed by atoms with Gasteiger partial charge in [0, 0.05) is 31.7 Å². The van der Waals surface area contributed by atoms with Crippen LogP contribution in [-0.4, -0.2) is 37.6 Å². The van der Waals surface area contributed by atoms with Gasteiger partial charge in [0.15, 0.2) is 5.82 Å². The lowest BCUT2D eigenvalue weighted by atomic mass is 10.1. The Labute approximate surface area is 106 Å². The maximum atomic E-state index is 13.4. The Morgan fingerprint density at radius 2 is 2.06 bits per heavy atom. The van der Waals surface area contributed by atoms with Crippen LogP contribution < -0.4 is 10.6 Å². The van der Waals surface area contributed by atoms with Crippen LogP contribution in [0.3, 0.4) is 0 Å². The van der Waals surface area contributed by atoms with Crippen LogP contribution in [-0.2, 0) is 0 Å². The van der Waals surface area contributed by atoms with Gasteiger partial charge in [-0.1, -0.05) is 6.92 Å². The molecule has 0 radical (unpaired) electrons. The number of nitrogen functional groups attached to an aromatic ring is 1. The molecular formula is C13H19F2N3. The molecule has 1 aromatic rings. The quantitative estimate of drug-likeness (QED) is 0.821. The molecule has 2 N–H and O–H groups in total. The van der Waals surface area contributed by atoms with E-state index in [0.29, 0.717) is 11.7 Å². The molecule has 0 amide bonds. The Morgan fingerprint density at radius 1 is 1.33 bits per heavy atom. The van der Waals surface area contributed by atoms with Crippen LogP contribution in [0.5, 0.6) is 0 Å². The van der Waals surface area contributed by atoms with E-state index in [1.54, 1.807) is 0 Å². The predicted molar refractivity (Wildman–Crippen MR) is 69.7 cm³/mol. The number of nitrogens with zero attached hydrogens (tertiary/aromatic N) is 2. The van der Waals surface area contributed by atoms with Crippen LogP contribution in [0.15, 0.2) is 12.1 Å². The lowest BCUT2D eigenvalue weighted by Crippen LogP contribution is -2.51. The fourth-order valence-corrected chi connectivity index (χ4v) is 2.44. The van der Waals surface area contributed by atoms with Gasteiger partial charge < -0.3 is 10.6 Å². The van der Waals surface area contributed by atoms with E-state index in [0.717, 1.165) is 32.1 Å². The highest BCUT2D eigenvalue weighted by molar-refractivity contribution is 5.68. The van der Waals surface area contributed by atoms with Crippen molar-refractivity contribution in [3.05, 3.63) is 23.8 Å². The van der Waals surface area contributed by atoms with E-state index in [2.05, 4.69) is 18.9 Å². The van der Waals surface area contributed by atoms with E-state index >= 15 is 0 Å². The molecule has 0 aliphatic carbocycles. The second-order valence-corrected chi connectivity index (χ2v) is 4.81. The van der Waals surface area contributed by atoms with Crippen LogP contribution in [0.4, 0.5) is 20.2 Å². The second-order valence-electron chi connectivity index (χ2n) is 4.81. The number of hydrogen-bond donors (Lipinski definition) is 1. The number of nitrogens with two attached hydrogens (primary N) is 1. The molecule has 1 aliphatic heterocycles. The summed E-state index contributed by atoms with van der Waals surface area (Å²) in [6.07, 6.45) is 1.00. The molecule has 3 nitrogen and oxygen atoms in total. The number of rotatable bonds is 2. The predicted octanol–water partition coefficient (Wildman–Crippen LogP) is 2.08. The minimum atomic E-state index is -0.683. The lowest BCUT2D eigenvalue weighted by molar-refractivity contribution is 0.213. The first-order valence-electron chi connectivity index (χ1n) is 6.22. The fraction of sp³-hybridized carbons (Fsp3) is 0.538. The number of anilines is 2. The Bertz CT molecular complexity index is 436. The number of hydrogen-bond acceptors (Lipinski definition) is 3. The third-order valence-electron chi connectivity index (χ3n) is 3.66. The molecule has 2 rings (SSSR count). The molecule has 0 aromatic heterocycles. The van der Waals surface area contributed by atoms with Crippen molar-refractivity contribution in [3.63, 3.8) is 0 Å². The molecule has 5 heteroatoms. The van der Waals surface area contributed by atoms with Crippen molar-refractivity contribution < 1.29 is 8.78 Å². The summed E-state index contributed by atoms with van der Waals surface area (Å²) in [5.41, 5.74) is 6.22. The number of halogens is 2. The van der Waals surface area contributed by atoms with Crippen molar-refractivity contribution in [2.24, 2.45) is 0 Å². The largest absolute Gasteiger partial charge is 0.395 e. The Morgan fingerprint density at radius 3 is 2.72 bits per heavy atom. The van der Waals surface area contributed by atoms with Gasteiger partial charge in [-0.25, -0.2) is 8.78 Å². The van der Waals surface area contributed by atoms with Gasteiger partial charge in [-0.3, -0.25) is 4.90 Å². The molecule has 100 valence electrons. The minimum Gasteiger partial charge on any atom is -0.395 e. The van der Waals surface area contributed by atoms with Gasteiger partial charge in [0.1, 0.15) is 5.82 Å². The van der Waals surface area contributed by atoms with Gasteiger partial charge in [0.25, 0.3) is 0 Å². The lowest BCUT2D eigenvalue weighted by Gasteiger charge is -2.40. The van der Waals surface area contributed by atoms with Gasteiger partial charge in [0.05, 0.1) is 11.4 Å². The average molecular weight is 255 g/mol. The monoisotopic (exact) mass is 255 g/mol. The Hall–Kier alpha value is -1.36. The molecule has 1 atom stereocenters. The summed E-state index contributed by atoms with van der Waals surface area (Å²) in [5.74, 6) is -1.26. The second kappa shape index (κ2) is 5.10. The molecular weight excluding hydrogens is 236 g/mol. The van der Waals surface area contributed by atoms with E-state index in [-0.39, 0.29) is 5.69 Å². The van der Waals surface area contributed by atoms with Crippen LogP contribution in [0.25, 0.3) is 0 Å². The van der Waals surface area contributed by atoms with E-state index < -0.39 is 11.6 Å². The summed E-state index contributed by atoms with van der Waals surface area (Å²) >= 11 is 0. The third-order valence-corrected chi connectivity index (χ3v) is 3.66. The van der Waals surface area contributed by atoms with Crippen molar-refractivity contribution >= 4 is 11.4 Å². The van der Waals surface area contributed by atoms with Crippen LogP contribution in [0.2, 0.25) is 0 Å². The smallest absolute Gasteiger partial charge is 0.151 e. The molecule has 0 spiro atoms. The summed E-state index contributed by atoms with van der Waals surface area (Å²) in [7, 11) is 2.07. The van der Waals surface area contributed by atoms with Crippen LogP contribution in [0, 0.1) is 11.6 Å². The van der Waals surface area contributed by atoms with Crippen molar-refractivity contribution in [1.82, 2.24) is 4.90 Å². The average Bonchev–Trinajstić information content (AvgIpc) is 2.34. The first-order chi connectivity index (χ1) is 8.52. The van der Waals surface area contributed by atoms with Gasteiger partial charge in [0.2, 0.25) is 0 Å². The first kappa shape index (κ1) is 13.1. The molecule has 1 aliphatic rings. The van der Waals surface area contributed by atoms with Gasteiger partial charge in [-0.05, 0) is 19.5 Å². The maximum Gasteiger partial charge on any atom is 0.151 e. The van der Waals surface area contributed by atoms with E-state index in [9.17, 15) is 8.78 Å². The topological polar surface area (TPSA) is 32.5 Å². The molecule has 1 aromatic carbocycles. The summed E-state index contributed by atoms with van der Waals surface area (Å²) < 4.78 is 26.7.